The van der Waals surface area contributed by atoms with Gasteiger partial charge in [-0.2, -0.15) is 0 Å². The summed E-state index contributed by atoms with van der Waals surface area (Å²) in [5, 5.41) is 0. The molecule has 1 nitrogen and oxygen atoms in total. The Bertz CT molecular complexity index is 381. The fraction of sp³-hybridized carbons (Fsp3) is 0.429. The number of hydrogen-bond acceptors (Lipinski definition) is 1. The van der Waals surface area contributed by atoms with Crippen molar-refractivity contribution in [2.75, 3.05) is 0 Å². The number of hydrogen-bond donors (Lipinski definition) is 1. The highest BCUT2D eigenvalue weighted by Crippen LogP contribution is 2.38. The van der Waals surface area contributed by atoms with Crippen LogP contribution in [0.5, 0.6) is 0 Å². The van der Waals surface area contributed by atoms with Crippen LogP contribution in [0.3, 0.4) is 0 Å². The number of benzene rings is 1. The van der Waals surface area contributed by atoms with E-state index in [1.807, 2.05) is 0 Å². The lowest BCUT2D eigenvalue weighted by Crippen LogP contribution is -2.40. The molecular weight excluding hydrogens is 182 g/mol. The largest absolute Gasteiger partial charge is 0.318 e. The maximum atomic E-state index is 6.49. The average molecular weight is 201 g/mol. The molecule has 1 aliphatic rings. The van der Waals surface area contributed by atoms with E-state index in [1.54, 1.807) is 0 Å². The van der Waals surface area contributed by atoms with Crippen molar-refractivity contribution in [2.45, 2.75) is 38.1 Å². The number of aryl methyl sites for hydroxylation is 1. The normalized spacial score (nSPS) is 26.7. The molecule has 1 heteroatoms. The van der Waals surface area contributed by atoms with Crippen molar-refractivity contribution in [3.63, 3.8) is 0 Å². The summed E-state index contributed by atoms with van der Waals surface area (Å²) in [6.07, 6.45) is 4.56. The van der Waals surface area contributed by atoms with Gasteiger partial charge in [0.2, 0.25) is 0 Å². The van der Waals surface area contributed by atoms with Crippen LogP contribution in [0.15, 0.2) is 36.4 Å². The highest BCUT2D eigenvalue weighted by molar-refractivity contribution is 5.36. The Morgan fingerprint density at radius 2 is 2.13 bits per heavy atom. The fourth-order valence-electron chi connectivity index (χ4n) is 2.41. The molecule has 1 saturated carbocycles. The molecule has 1 fully saturated rings. The molecule has 0 heterocycles. The van der Waals surface area contributed by atoms with E-state index in [9.17, 15) is 0 Å². The molecule has 2 rings (SSSR count). The monoisotopic (exact) mass is 201 g/mol. The van der Waals surface area contributed by atoms with Crippen LogP contribution < -0.4 is 5.73 Å². The minimum atomic E-state index is -0.274. The van der Waals surface area contributed by atoms with E-state index in [0.29, 0.717) is 0 Å². The third-order valence-corrected chi connectivity index (χ3v) is 3.46. The third-order valence-electron chi connectivity index (χ3n) is 3.46. The first-order valence-corrected chi connectivity index (χ1v) is 5.67. The van der Waals surface area contributed by atoms with Crippen LogP contribution >= 0.6 is 0 Å². The van der Waals surface area contributed by atoms with Gasteiger partial charge in [-0.25, -0.2) is 0 Å². The maximum Gasteiger partial charge on any atom is 0.0622 e. The van der Waals surface area contributed by atoms with Crippen LogP contribution in [0.1, 0.15) is 36.8 Å². The van der Waals surface area contributed by atoms with Crippen LogP contribution in [0.2, 0.25) is 0 Å². The lowest BCUT2D eigenvalue weighted by molar-refractivity contribution is 0.396. The van der Waals surface area contributed by atoms with Crippen LogP contribution in [0, 0.1) is 6.92 Å². The second-order valence-electron chi connectivity index (χ2n) is 4.65. The minimum absolute atomic E-state index is 0.274. The van der Waals surface area contributed by atoms with Gasteiger partial charge in [-0.1, -0.05) is 48.4 Å². The van der Waals surface area contributed by atoms with Gasteiger partial charge < -0.3 is 5.73 Å². The van der Waals surface area contributed by atoms with Crippen LogP contribution in [-0.4, -0.2) is 0 Å². The lowest BCUT2D eigenvalue weighted by Gasteiger charge is -2.36. The zero-order valence-corrected chi connectivity index (χ0v) is 9.42. The highest BCUT2D eigenvalue weighted by Gasteiger charge is 2.32. The van der Waals surface area contributed by atoms with E-state index in [2.05, 4.69) is 37.8 Å². The Kier molecular flexibility index (Phi) is 2.66. The van der Waals surface area contributed by atoms with Gasteiger partial charge in [0.25, 0.3) is 0 Å². The molecule has 1 atom stereocenters. The lowest BCUT2D eigenvalue weighted by atomic mass is 9.74. The molecule has 80 valence electrons. The predicted molar refractivity (Wildman–Crippen MR) is 64.7 cm³/mol. The second kappa shape index (κ2) is 3.82. The van der Waals surface area contributed by atoms with E-state index >= 15 is 0 Å². The number of nitrogens with two attached hydrogens (primary N) is 1. The van der Waals surface area contributed by atoms with Crippen LogP contribution in [-0.2, 0) is 5.54 Å². The van der Waals surface area contributed by atoms with Crippen LogP contribution in [0.25, 0.3) is 0 Å². The molecule has 15 heavy (non-hydrogen) atoms. The summed E-state index contributed by atoms with van der Waals surface area (Å²) in [6.45, 7) is 6.26. The van der Waals surface area contributed by atoms with E-state index < -0.39 is 0 Å². The molecule has 1 aromatic rings. The van der Waals surface area contributed by atoms with Gasteiger partial charge in [-0.3, -0.25) is 0 Å². The van der Waals surface area contributed by atoms with Crippen molar-refractivity contribution in [3.05, 3.63) is 47.5 Å². The van der Waals surface area contributed by atoms with Crippen LogP contribution in [0.4, 0.5) is 0 Å². The Labute approximate surface area is 92.0 Å². The second-order valence-corrected chi connectivity index (χ2v) is 4.65. The quantitative estimate of drug-likeness (QED) is 0.693. The summed E-state index contributed by atoms with van der Waals surface area (Å²) in [7, 11) is 0. The highest BCUT2D eigenvalue weighted by atomic mass is 14.8. The van der Waals surface area contributed by atoms with E-state index in [0.717, 1.165) is 12.8 Å². The van der Waals surface area contributed by atoms with Gasteiger partial charge in [-0.15, -0.1) is 0 Å². The zero-order chi connectivity index (χ0) is 10.9. The molecule has 0 amide bonds. The Balaban J connectivity index is 2.39. The Morgan fingerprint density at radius 1 is 1.33 bits per heavy atom. The smallest absolute Gasteiger partial charge is 0.0622 e. The van der Waals surface area contributed by atoms with Crippen molar-refractivity contribution in [1.29, 1.82) is 0 Å². The maximum absolute atomic E-state index is 6.49. The first kappa shape index (κ1) is 10.4. The molecule has 2 N–H and O–H groups in total. The Morgan fingerprint density at radius 3 is 2.80 bits per heavy atom. The van der Waals surface area contributed by atoms with E-state index in [-0.39, 0.29) is 5.54 Å². The van der Waals surface area contributed by atoms with Crippen molar-refractivity contribution in [1.82, 2.24) is 0 Å². The van der Waals surface area contributed by atoms with Gasteiger partial charge in [0.05, 0.1) is 5.54 Å². The van der Waals surface area contributed by atoms with E-state index in [4.69, 9.17) is 5.73 Å². The van der Waals surface area contributed by atoms with Crippen molar-refractivity contribution >= 4 is 0 Å². The molecule has 0 aromatic heterocycles. The van der Waals surface area contributed by atoms with Crippen molar-refractivity contribution in [3.8, 4) is 0 Å². The topological polar surface area (TPSA) is 26.0 Å². The van der Waals surface area contributed by atoms with Crippen molar-refractivity contribution in [2.24, 2.45) is 5.73 Å². The van der Waals surface area contributed by atoms with E-state index in [1.165, 1.54) is 29.5 Å². The van der Waals surface area contributed by atoms with Crippen molar-refractivity contribution < 1.29 is 0 Å². The van der Waals surface area contributed by atoms with Gasteiger partial charge in [0.15, 0.2) is 0 Å². The molecule has 0 saturated heterocycles. The summed E-state index contributed by atoms with van der Waals surface area (Å²) in [4.78, 5) is 0. The average Bonchev–Trinajstić information content (AvgIpc) is 2.23. The summed E-state index contributed by atoms with van der Waals surface area (Å²) < 4.78 is 0. The molecule has 0 aliphatic heterocycles. The third kappa shape index (κ3) is 1.84. The minimum Gasteiger partial charge on any atom is -0.318 e. The fourth-order valence-corrected chi connectivity index (χ4v) is 2.41. The summed E-state index contributed by atoms with van der Waals surface area (Å²) in [5.74, 6) is 0. The molecule has 0 spiro atoms. The molecule has 1 aliphatic carbocycles. The zero-order valence-electron chi connectivity index (χ0n) is 9.42. The molecule has 1 unspecified atom stereocenters. The van der Waals surface area contributed by atoms with Gasteiger partial charge in [-0.05, 0) is 31.7 Å². The summed E-state index contributed by atoms with van der Waals surface area (Å²) in [6, 6.07) is 8.51. The summed E-state index contributed by atoms with van der Waals surface area (Å²) >= 11 is 0. The van der Waals surface area contributed by atoms with Gasteiger partial charge in [0, 0.05) is 0 Å². The number of rotatable bonds is 1. The first-order chi connectivity index (χ1) is 7.13. The SMILES string of the molecule is C=C1CCCCC1(N)c1cccc(C)c1. The molecule has 1 aromatic carbocycles. The summed E-state index contributed by atoms with van der Waals surface area (Å²) in [5.41, 5.74) is 9.92. The molecular formula is C14H19N. The predicted octanol–water partition coefficient (Wildman–Crippen LogP) is 3.28. The van der Waals surface area contributed by atoms with Gasteiger partial charge >= 0.3 is 0 Å². The van der Waals surface area contributed by atoms with Gasteiger partial charge in [0.1, 0.15) is 0 Å². The molecule has 0 bridgehead atoms. The Hall–Kier alpha value is -1.08. The first-order valence-electron chi connectivity index (χ1n) is 5.67. The molecule has 0 radical (unpaired) electrons. The standard InChI is InChI=1S/C14H19N/c1-11-6-5-8-13(10-11)14(15)9-4-3-7-12(14)2/h5-6,8,10H,2-4,7,9,15H2,1H3.